The summed E-state index contributed by atoms with van der Waals surface area (Å²) in [6.07, 6.45) is 0.310. The maximum absolute atomic E-state index is 15.2. The summed E-state index contributed by atoms with van der Waals surface area (Å²) in [6.45, 7) is 6.59. The number of hydrogen-bond acceptors (Lipinski definition) is 8. The number of amides is 1. The summed E-state index contributed by atoms with van der Waals surface area (Å²) in [5.41, 5.74) is 0.763. The number of nitrogens with one attached hydrogen (secondary N) is 1. The van der Waals surface area contributed by atoms with Gasteiger partial charge in [-0.05, 0) is 25.1 Å². The Kier molecular flexibility index (Phi) is 6.62. The summed E-state index contributed by atoms with van der Waals surface area (Å²) in [5, 5.41) is 12.0. The molecule has 2 bridgehead atoms. The summed E-state index contributed by atoms with van der Waals surface area (Å²) in [5.74, 6) is -1.17. The van der Waals surface area contributed by atoms with Crippen molar-refractivity contribution in [2.75, 3.05) is 31.6 Å². The molecule has 1 aromatic carbocycles. The van der Waals surface area contributed by atoms with E-state index in [1.807, 2.05) is 6.07 Å². The molecule has 0 aliphatic carbocycles. The van der Waals surface area contributed by atoms with Crippen LogP contribution in [-0.2, 0) is 9.47 Å². The van der Waals surface area contributed by atoms with Gasteiger partial charge >= 0.3 is 6.09 Å². The van der Waals surface area contributed by atoms with Gasteiger partial charge in [0.1, 0.15) is 12.4 Å². The summed E-state index contributed by atoms with van der Waals surface area (Å²) in [4.78, 5) is 21.8. The van der Waals surface area contributed by atoms with Gasteiger partial charge < -0.3 is 24.4 Å². The Morgan fingerprint density at radius 2 is 2.09 bits per heavy atom. The first kappa shape index (κ1) is 22.8. The number of carbonyl (C=O) groups excluding carboxylic acids is 1. The maximum Gasteiger partial charge on any atom is 0.414 e. The van der Waals surface area contributed by atoms with Crippen LogP contribution in [0.5, 0.6) is 5.88 Å². The number of fused-ring (bicyclic) bond motifs is 2. The highest BCUT2D eigenvalue weighted by Crippen LogP contribution is 2.34. The number of nitrogens with zero attached hydrogens (tertiary/aromatic N) is 4. The predicted molar refractivity (Wildman–Crippen MR) is 117 cm³/mol. The molecule has 1 amide bonds. The lowest BCUT2D eigenvalue weighted by atomic mass is 9.84. The number of ether oxygens (including phenoxy) is 3. The molecule has 33 heavy (non-hydrogen) atoms. The molecule has 172 valence electrons. The Morgan fingerprint density at radius 1 is 1.36 bits per heavy atom. The van der Waals surface area contributed by atoms with Crippen LogP contribution < -0.4 is 10.1 Å². The SMILES string of the molecule is C=C(C)OC(=O)N1CC2COCC(C1)C2Oc1ncnc(Nc2ccc(C#N)cc2Cl)c1F. The largest absolute Gasteiger partial charge is 0.471 e. The van der Waals surface area contributed by atoms with E-state index in [2.05, 4.69) is 21.9 Å². The van der Waals surface area contributed by atoms with E-state index in [1.54, 1.807) is 24.0 Å². The first-order valence-corrected chi connectivity index (χ1v) is 10.6. The molecular formula is C22H21ClFN5O4. The third kappa shape index (κ3) is 4.99. The normalized spacial score (nSPS) is 21.6. The Labute approximate surface area is 194 Å². The second-order valence-electron chi connectivity index (χ2n) is 7.89. The topological polar surface area (TPSA) is 110 Å². The van der Waals surface area contributed by atoms with Crippen molar-refractivity contribution in [1.82, 2.24) is 14.9 Å². The monoisotopic (exact) mass is 473 g/mol. The van der Waals surface area contributed by atoms with Crippen molar-refractivity contribution in [3.05, 3.63) is 53.3 Å². The van der Waals surface area contributed by atoms with Crippen molar-refractivity contribution in [3.8, 4) is 11.9 Å². The van der Waals surface area contributed by atoms with Gasteiger partial charge in [-0.3, -0.25) is 0 Å². The number of halogens is 2. The Morgan fingerprint density at radius 3 is 2.73 bits per heavy atom. The van der Waals surface area contributed by atoms with Crippen LogP contribution in [0.25, 0.3) is 0 Å². The van der Waals surface area contributed by atoms with Gasteiger partial charge in [-0.1, -0.05) is 18.2 Å². The average Bonchev–Trinajstić information content (AvgIpc) is 2.76. The van der Waals surface area contributed by atoms with Crippen LogP contribution >= 0.6 is 11.6 Å². The van der Waals surface area contributed by atoms with Crippen LogP contribution in [0.15, 0.2) is 36.9 Å². The van der Waals surface area contributed by atoms with E-state index in [4.69, 9.17) is 31.1 Å². The molecule has 2 unspecified atom stereocenters. The fourth-order valence-corrected chi connectivity index (χ4v) is 4.15. The smallest absolute Gasteiger partial charge is 0.414 e. The van der Waals surface area contributed by atoms with Crippen LogP contribution in [0.3, 0.4) is 0 Å². The first-order chi connectivity index (χ1) is 15.9. The summed E-state index contributed by atoms with van der Waals surface area (Å²) < 4.78 is 31.9. The number of carbonyl (C=O) groups is 1. The standard InChI is InChI=1S/C22H21ClFN5O4/c1-12(2)32-22(30)29-7-14-9-31-10-15(8-29)19(14)33-21-18(24)20(26-11-27-21)28-17-4-3-13(6-25)5-16(17)23/h3-5,11,14-15,19H,1,7-10H2,2H3,(H,26,27,28). The second-order valence-corrected chi connectivity index (χ2v) is 8.30. The van der Waals surface area contributed by atoms with Gasteiger partial charge in [0.2, 0.25) is 5.82 Å². The lowest BCUT2D eigenvalue weighted by Crippen LogP contribution is -2.58. The molecule has 2 aliphatic rings. The molecule has 11 heteroatoms. The van der Waals surface area contributed by atoms with Crippen molar-refractivity contribution in [3.63, 3.8) is 0 Å². The molecule has 2 fully saturated rings. The van der Waals surface area contributed by atoms with Gasteiger partial charge in [0.15, 0.2) is 5.82 Å². The molecule has 0 saturated carbocycles. The molecule has 4 rings (SSSR count). The number of aromatic nitrogens is 2. The minimum absolute atomic E-state index is 0.115. The number of rotatable bonds is 5. The predicted octanol–water partition coefficient (Wildman–Crippen LogP) is 3.88. The molecule has 2 saturated heterocycles. The zero-order valence-corrected chi connectivity index (χ0v) is 18.5. The van der Waals surface area contributed by atoms with Crippen molar-refractivity contribution in [1.29, 1.82) is 5.26 Å². The van der Waals surface area contributed by atoms with Gasteiger partial charge in [-0.25, -0.2) is 9.78 Å². The highest BCUT2D eigenvalue weighted by molar-refractivity contribution is 6.33. The van der Waals surface area contributed by atoms with Crippen LogP contribution in [0, 0.1) is 29.0 Å². The van der Waals surface area contributed by atoms with E-state index >= 15 is 4.39 Å². The number of hydrogen-bond donors (Lipinski definition) is 1. The van der Waals surface area contributed by atoms with Crippen molar-refractivity contribution in [2.24, 2.45) is 11.8 Å². The van der Waals surface area contributed by atoms with E-state index in [1.165, 1.54) is 12.4 Å². The average molecular weight is 474 g/mol. The van der Waals surface area contributed by atoms with Crippen LogP contribution in [0.4, 0.5) is 20.7 Å². The van der Waals surface area contributed by atoms with Crippen LogP contribution in [0.2, 0.25) is 5.02 Å². The number of piperidine rings is 1. The fourth-order valence-electron chi connectivity index (χ4n) is 3.92. The van der Waals surface area contributed by atoms with Crippen LogP contribution in [-0.4, -0.2) is 53.4 Å². The number of anilines is 2. The molecule has 9 nitrogen and oxygen atoms in total. The fraction of sp³-hybridized carbons (Fsp3) is 0.364. The van der Waals surface area contributed by atoms with E-state index in [0.717, 1.165) is 0 Å². The molecule has 0 spiro atoms. The third-order valence-corrected chi connectivity index (χ3v) is 5.69. The number of allylic oxidation sites excluding steroid dienone is 1. The molecular weight excluding hydrogens is 453 g/mol. The highest BCUT2D eigenvalue weighted by atomic mass is 35.5. The van der Waals surface area contributed by atoms with E-state index in [-0.39, 0.29) is 28.6 Å². The van der Waals surface area contributed by atoms with E-state index in [9.17, 15) is 4.79 Å². The van der Waals surface area contributed by atoms with E-state index in [0.29, 0.717) is 43.3 Å². The van der Waals surface area contributed by atoms with Gasteiger partial charge in [0.05, 0.1) is 41.3 Å². The number of likely N-dealkylation sites (tertiary alicyclic amines) is 1. The minimum Gasteiger partial charge on any atom is -0.471 e. The van der Waals surface area contributed by atoms with E-state index < -0.39 is 18.0 Å². The summed E-state index contributed by atoms with van der Waals surface area (Å²) in [6, 6.07) is 6.57. The molecule has 2 atom stereocenters. The molecule has 3 heterocycles. The van der Waals surface area contributed by atoms with Crippen molar-refractivity contribution < 1.29 is 23.4 Å². The Hall–Kier alpha value is -3.42. The lowest BCUT2D eigenvalue weighted by molar-refractivity contribution is -0.109. The number of benzene rings is 1. The maximum atomic E-state index is 15.2. The quantitative estimate of drug-likeness (QED) is 0.651. The number of nitriles is 1. The van der Waals surface area contributed by atoms with Gasteiger partial charge in [-0.15, -0.1) is 0 Å². The van der Waals surface area contributed by atoms with Crippen LogP contribution in [0.1, 0.15) is 12.5 Å². The molecule has 0 radical (unpaired) electrons. The first-order valence-electron chi connectivity index (χ1n) is 10.2. The zero-order chi connectivity index (χ0) is 23.5. The summed E-state index contributed by atoms with van der Waals surface area (Å²) in [7, 11) is 0. The highest BCUT2D eigenvalue weighted by Gasteiger charge is 2.44. The van der Waals surface area contributed by atoms with Crippen molar-refractivity contribution >= 4 is 29.2 Å². The molecule has 1 aromatic heterocycles. The minimum atomic E-state index is -0.777. The molecule has 2 aromatic rings. The summed E-state index contributed by atoms with van der Waals surface area (Å²) >= 11 is 6.17. The Balaban J connectivity index is 1.50. The molecule has 1 N–H and O–H groups in total. The lowest BCUT2D eigenvalue weighted by Gasteiger charge is -2.45. The third-order valence-electron chi connectivity index (χ3n) is 5.38. The van der Waals surface area contributed by atoms with Crippen molar-refractivity contribution in [2.45, 2.75) is 13.0 Å². The zero-order valence-electron chi connectivity index (χ0n) is 17.8. The van der Waals surface area contributed by atoms with Gasteiger partial charge in [0.25, 0.3) is 5.88 Å². The molecule has 2 aliphatic heterocycles. The van der Waals surface area contributed by atoms with Gasteiger partial charge in [-0.2, -0.15) is 14.6 Å². The Bertz CT molecular complexity index is 1110. The second kappa shape index (κ2) is 9.60. The van der Waals surface area contributed by atoms with Gasteiger partial charge in [0, 0.05) is 24.9 Å².